The number of carbonyl (C=O) groups is 3. The van der Waals surface area contributed by atoms with Crippen LogP contribution in [0, 0.1) is 0 Å². The summed E-state index contributed by atoms with van der Waals surface area (Å²) in [6, 6.07) is 33.2. The predicted octanol–water partition coefficient (Wildman–Crippen LogP) is 4.85. The van der Waals surface area contributed by atoms with E-state index in [0.29, 0.717) is 43.9 Å². The van der Waals surface area contributed by atoms with Crippen LogP contribution in [0.2, 0.25) is 0 Å². The van der Waals surface area contributed by atoms with Gasteiger partial charge in [-0.05, 0) is 52.1 Å². The molecule has 1 saturated heterocycles. The normalized spacial score (nSPS) is 18.7. The molecule has 2 aliphatic heterocycles. The molecule has 0 unspecified atom stereocenters. The number of hydrogen-bond acceptors (Lipinski definition) is 6. The molecular weight excluding hydrogens is 614 g/mol. The number of amides is 3. The summed E-state index contributed by atoms with van der Waals surface area (Å²) < 4.78 is 6.32. The summed E-state index contributed by atoms with van der Waals surface area (Å²) in [7, 11) is 0. The van der Waals surface area contributed by atoms with Crippen molar-refractivity contribution in [3.63, 3.8) is 0 Å². The molecule has 4 aromatic carbocycles. The van der Waals surface area contributed by atoms with E-state index in [1.165, 1.54) is 0 Å². The van der Waals surface area contributed by atoms with Crippen LogP contribution in [0.15, 0.2) is 116 Å². The molecule has 9 nitrogen and oxygen atoms in total. The zero-order valence-corrected chi connectivity index (χ0v) is 27.3. The first-order chi connectivity index (χ1) is 24.0. The number of hydrogen-bond donors (Lipinski definition) is 2. The van der Waals surface area contributed by atoms with Crippen LogP contribution < -0.4 is 15.4 Å². The van der Waals surface area contributed by atoms with Crippen molar-refractivity contribution in [2.45, 2.75) is 31.5 Å². The van der Waals surface area contributed by atoms with Crippen LogP contribution in [0.5, 0.6) is 5.75 Å². The zero-order valence-electron chi connectivity index (χ0n) is 27.3. The lowest BCUT2D eigenvalue weighted by atomic mass is 10.0. The minimum atomic E-state index is -0.235. The summed E-state index contributed by atoms with van der Waals surface area (Å²) >= 11 is 0. The van der Waals surface area contributed by atoms with Crippen molar-refractivity contribution < 1.29 is 19.1 Å². The lowest BCUT2D eigenvalue weighted by Gasteiger charge is -2.29. The van der Waals surface area contributed by atoms with Gasteiger partial charge in [0.2, 0.25) is 11.8 Å². The maximum Gasteiger partial charge on any atom is 0.252 e. The van der Waals surface area contributed by atoms with Gasteiger partial charge in [-0.25, -0.2) is 0 Å². The van der Waals surface area contributed by atoms with Crippen molar-refractivity contribution in [2.75, 3.05) is 32.8 Å². The van der Waals surface area contributed by atoms with E-state index in [4.69, 9.17) is 4.74 Å². The summed E-state index contributed by atoms with van der Waals surface area (Å²) in [5, 5.41) is 8.44. The van der Waals surface area contributed by atoms with Gasteiger partial charge >= 0.3 is 0 Å². The first-order valence-electron chi connectivity index (χ1n) is 16.8. The number of aromatic nitrogens is 1. The molecule has 49 heavy (non-hydrogen) atoms. The average molecular weight is 654 g/mol. The number of ether oxygens (including phenoxy) is 1. The summed E-state index contributed by atoms with van der Waals surface area (Å²) in [6.07, 6.45) is 4.13. The third-order valence-electron chi connectivity index (χ3n) is 9.21. The zero-order chi connectivity index (χ0) is 33.6. The molecule has 2 atom stereocenters. The van der Waals surface area contributed by atoms with Gasteiger partial charge in [0.25, 0.3) is 5.91 Å². The molecule has 1 fully saturated rings. The second kappa shape index (κ2) is 14.7. The maximum absolute atomic E-state index is 14.1. The molecule has 3 amide bonds. The third-order valence-corrected chi connectivity index (χ3v) is 9.21. The minimum absolute atomic E-state index is 0.0453. The number of nitrogens with zero attached hydrogens (tertiary/aromatic N) is 3. The Morgan fingerprint density at radius 3 is 2.53 bits per heavy atom. The third kappa shape index (κ3) is 7.96. The van der Waals surface area contributed by atoms with E-state index in [1.54, 1.807) is 12.4 Å². The predicted molar refractivity (Wildman–Crippen MR) is 189 cm³/mol. The summed E-state index contributed by atoms with van der Waals surface area (Å²) in [5.74, 6) is 0.308. The number of nitrogens with one attached hydrogen (secondary N) is 2. The van der Waals surface area contributed by atoms with Gasteiger partial charge in [0.05, 0.1) is 24.6 Å². The highest BCUT2D eigenvalue weighted by atomic mass is 16.5. The Morgan fingerprint density at radius 2 is 1.65 bits per heavy atom. The van der Waals surface area contributed by atoms with E-state index in [2.05, 4.69) is 32.7 Å². The van der Waals surface area contributed by atoms with Crippen LogP contribution in [0.25, 0.3) is 21.9 Å². The second-order valence-electron chi connectivity index (χ2n) is 12.8. The smallest absolute Gasteiger partial charge is 0.252 e. The van der Waals surface area contributed by atoms with Gasteiger partial charge in [0, 0.05) is 50.2 Å². The maximum atomic E-state index is 14.1. The van der Waals surface area contributed by atoms with Crippen molar-refractivity contribution in [1.29, 1.82) is 0 Å². The summed E-state index contributed by atoms with van der Waals surface area (Å²) in [5.41, 5.74) is 4.16. The highest BCUT2D eigenvalue weighted by Gasteiger charge is 2.37. The van der Waals surface area contributed by atoms with Crippen molar-refractivity contribution in [2.24, 2.45) is 0 Å². The lowest BCUT2D eigenvalue weighted by molar-refractivity contribution is -0.134. The summed E-state index contributed by atoms with van der Waals surface area (Å²) in [6.45, 7) is 2.21. The average Bonchev–Trinajstić information content (AvgIpc) is 3.53. The molecule has 0 spiro atoms. The SMILES string of the molecule is O=C(Cc1ccc2ccccc2c1)N[C@@H]1C[C@H]2COc3cccc(c3)-c3cncc(c3)C(=O)NCCN(Cc3ccccc3)CC(=O)N2C1. The van der Waals surface area contributed by atoms with Crippen LogP contribution in [0.4, 0.5) is 0 Å². The van der Waals surface area contributed by atoms with E-state index < -0.39 is 0 Å². The summed E-state index contributed by atoms with van der Waals surface area (Å²) in [4.78, 5) is 48.7. The Bertz CT molecular complexity index is 1970. The lowest BCUT2D eigenvalue weighted by Crippen LogP contribution is -2.46. The van der Waals surface area contributed by atoms with Crippen molar-refractivity contribution >= 4 is 28.5 Å². The molecule has 2 N–H and O–H groups in total. The molecule has 9 heteroatoms. The number of benzene rings is 4. The molecule has 3 heterocycles. The minimum Gasteiger partial charge on any atom is -0.491 e. The van der Waals surface area contributed by atoms with Crippen molar-refractivity contribution in [3.05, 3.63) is 132 Å². The number of fused-ring (bicyclic) bond motifs is 7. The Morgan fingerprint density at radius 1 is 0.837 bits per heavy atom. The topological polar surface area (TPSA) is 104 Å². The fraction of sp³-hybridized carbons (Fsp3) is 0.250. The fourth-order valence-electron chi connectivity index (χ4n) is 6.74. The Labute approximate surface area is 285 Å². The largest absolute Gasteiger partial charge is 0.491 e. The van der Waals surface area contributed by atoms with E-state index in [0.717, 1.165) is 33.0 Å². The van der Waals surface area contributed by atoms with Crippen LogP contribution in [0.1, 0.15) is 27.9 Å². The number of pyridine rings is 1. The molecule has 4 bridgehead atoms. The van der Waals surface area contributed by atoms with E-state index in [-0.39, 0.29) is 49.4 Å². The van der Waals surface area contributed by atoms with E-state index in [1.807, 2.05) is 95.9 Å². The van der Waals surface area contributed by atoms with Crippen LogP contribution in [-0.4, -0.2) is 77.4 Å². The number of carbonyl (C=O) groups excluding carboxylic acids is 3. The van der Waals surface area contributed by atoms with Crippen LogP contribution in [-0.2, 0) is 22.6 Å². The van der Waals surface area contributed by atoms with Gasteiger partial charge in [-0.3, -0.25) is 24.3 Å². The Hall–Kier alpha value is -5.54. The van der Waals surface area contributed by atoms with Gasteiger partial charge in [-0.15, -0.1) is 0 Å². The fourth-order valence-corrected chi connectivity index (χ4v) is 6.74. The highest BCUT2D eigenvalue weighted by molar-refractivity contribution is 5.95. The first kappa shape index (κ1) is 32.0. The molecule has 0 aliphatic carbocycles. The highest BCUT2D eigenvalue weighted by Crippen LogP contribution is 2.26. The van der Waals surface area contributed by atoms with Crippen molar-refractivity contribution in [1.82, 2.24) is 25.4 Å². The molecule has 248 valence electrons. The Kier molecular flexibility index (Phi) is 9.61. The molecular formula is C40H39N5O4. The van der Waals surface area contributed by atoms with Gasteiger partial charge in [0.1, 0.15) is 12.4 Å². The van der Waals surface area contributed by atoms with Gasteiger partial charge in [-0.1, -0.05) is 84.9 Å². The molecule has 2 aliphatic rings. The second-order valence-corrected chi connectivity index (χ2v) is 12.8. The molecule has 0 radical (unpaired) electrons. The monoisotopic (exact) mass is 653 g/mol. The van der Waals surface area contributed by atoms with Crippen LogP contribution >= 0.6 is 0 Å². The van der Waals surface area contributed by atoms with E-state index >= 15 is 0 Å². The van der Waals surface area contributed by atoms with Crippen LogP contribution in [0.3, 0.4) is 0 Å². The number of rotatable bonds is 5. The van der Waals surface area contributed by atoms with E-state index in [9.17, 15) is 14.4 Å². The molecule has 7 rings (SSSR count). The quantitative estimate of drug-likeness (QED) is 0.281. The first-order valence-corrected chi connectivity index (χ1v) is 16.8. The molecule has 0 saturated carbocycles. The molecule has 1 aromatic heterocycles. The standard InChI is InChI=1S/C40H39N5O4/c46-38(18-29-13-14-30-9-4-5-10-31(30)17-29)43-35-21-36-27-49-37-12-6-11-32(20-37)33-19-34(23-41-22-33)40(48)42-15-16-44(26-39(47)45(36)25-35)24-28-7-2-1-3-8-28/h1-14,17,19-20,22-23,35-36H,15-16,18,21,24-27H2,(H,42,48)(H,43,46)/t35-,36+/m1/s1. The van der Waals surface area contributed by atoms with Gasteiger partial charge < -0.3 is 20.3 Å². The van der Waals surface area contributed by atoms with Gasteiger partial charge in [0.15, 0.2) is 0 Å². The Balaban J connectivity index is 1.11. The molecule has 5 aromatic rings. The van der Waals surface area contributed by atoms with Crippen molar-refractivity contribution in [3.8, 4) is 16.9 Å². The van der Waals surface area contributed by atoms with Gasteiger partial charge in [-0.2, -0.15) is 0 Å².